The molecule has 0 aromatic carbocycles. The van der Waals surface area contributed by atoms with Gasteiger partial charge >= 0.3 is 0 Å². The van der Waals surface area contributed by atoms with Crippen molar-refractivity contribution in [3.8, 4) is 0 Å². The van der Waals surface area contributed by atoms with E-state index in [2.05, 4.69) is 28.0 Å². The van der Waals surface area contributed by atoms with Gasteiger partial charge in [0.05, 0.1) is 11.0 Å². The number of H-pyrrole nitrogens is 1. The van der Waals surface area contributed by atoms with Gasteiger partial charge in [-0.3, -0.25) is 4.98 Å². The molecule has 0 saturated carbocycles. The van der Waals surface area contributed by atoms with Gasteiger partial charge in [0.15, 0.2) is 0 Å². The Morgan fingerprint density at radius 3 is 3.12 bits per heavy atom. The highest BCUT2D eigenvalue weighted by Gasteiger charge is 2.17. The van der Waals surface area contributed by atoms with Crippen molar-refractivity contribution in [2.24, 2.45) is 0 Å². The lowest BCUT2D eigenvalue weighted by Crippen LogP contribution is -2.23. The molecule has 3 N–H and O–H groups in total. The van der Waals surface area contributed by atoms with Gasteiger partial charge in [-0.1, -0.05) is 6.08 Å². The van der Waals surface area contributed by atoms with Crippen LogP contribution in [0.25, 0.3) is 16.6 Å². The average Bonchev–Trinajstić information content (AvgIpc) is 2.66. The van der Waals surface area contributed by atoms with Gasteiger partial charge in [0.2, 0.25) is 0 Å². The Balaban J connectivity index is 2.14. The average molecular weight is 228 g/mol. The lowest BCUT2D eigenvalue weighted by atomic mass is 10.0. The fourth-order valence-corrected chi connectivity index (χ4v) is 2.36. The molecule has 2 aromatic rings. The number of nitrogens with zero attached hydrogens (tertiary/aromatic N) is 2. The molecule has 1 aliphatic rings. The smallest absolute Gasteiger partial charge is 0.111 e. The number of hydrogen-bond acceptors (Lipinski definition) is 3. The number of aromatic nitrogens is 2. The highest BCUT2D eigenvalue weighted by Crippen LogP contribution is 2.32. The van der Waals surface area contributed by atoms with Gasteiger partial charge in [-0.15, -0.1) is 0 Å². The van der Waals surface area contributed by atoms with Crippen molar-refractivity contribution >= 4 is 22.4 Å². The predicted molar refractivity (Wildman–Crippen MR) is 70.6 cm³/mol. The van der Waals surface area contributed by atoms with Gasteiger partial charge in [-0.25, -0.2) is 0 Å². The zero-order valence-corrected chi connectivity index (χ0v) is 9.90. The van der Waals surface area contributed by atoms with E-state index in [0.29, 0.717) is 0 Å². The molecule has 3 heterocycles. The van der Waals surface area contributed by atoms with E-state index in [-0.39, 0.29) is 0 Å². The Morgan fingerprint density at radius 2 is 2.35 bits per heavy atom. The summed E-state index contributed by atoms with van der Waals surface area (Å²) in [5, 5.41) is 0. The molecule has 0 amide bonds. The summed E-state index contributed by atoms with van der Waals surface area (Å²) in [6, 6.07) is 3.93. The molecule has 4 nitrogen and oxygen atoms in total. The maximum atomic E-state index is 6.07. The third-order valence-corrected chi connectivity index (χ3v) is 3.32. The minimum absolute atomic E-state index is 0.731. The minimum Gasteiger partial charge on any atom is -0.385 e. The largest absolute Gasteiger partial charge is 0.385 e. The molecule has 0 fully saturated rings. The Morgan fingerprint density at radius 1 is 1.47 bits per heavy atom. The van der Waals surface area contributed by atoms with E-state index >= 15 is 0 Å². The molecule has 0 aliphatic carbocycles. The highest BCUT2D eigenvalue weighted by molar-refractivity contribution is 5.95. The molecule has 88 valence electrons. The number of aromatic amines is 1. The Kier molecular flexibility index (Phi) is 2.37. The van der Waals surface area contributed by atoms with Gasteiger partial charge in [0.25, 0.3) is 0 Å². The first-order valence-corrected chi connectivity index (χ1v) is 5.86. The van der Waals surface area contributed by atoms with Crippen LogP contribution in [0.3, 0.4) is 0 Å². The standard InChI is InChI=1S/C13H16N4/c1-17-7-4-9(5-8-17)11-12-10(16-13(11)14)3-2-6-15-12/h2-4,6,16H,5,7-8,14H2,1H3. The third kappa shape index (κ3) is 1.70. The van der Waals surface area contributed by atoms with Crippen LogP contribution in [0.4, 0.5) is 5.82 Å². The molecule has 4 heteroatoms. The molecule has 2 aromatic heterocycles. The van der Waals surface area contributed by atoms with Crippen molar-refractivity contribution in [3.05, 3.63) is 30.0 Å². The van der Waals surface area contributed by atoms with Crippen molar-refractivity contribution < 1.29 is 0 Å². The monoisotopic (exact) mass is 228 g/mol. The number of rotatable bonds is 1. The maximum Gasteiger partial charge on any atom is 0.111 e. The topological polar surface area (TPSA) is 57.9 Å². The molecule has 0 unspecified atom stereocenters. The fourth-order valence-electron chi connectivity index (χ4n) is 2.36. The number of pyridine rings is 1. The normalized spacial score (nSPS) is 17.4. The predicted octanol–water partition coefficient (Wildman–Crippen LogP) is 1.86. The molecule has 0 bridgehead atoms. The second kappa shape index (κ2) is 3.89. The van der Waals surface area contributed by atoms with Crippen molar-refractivity contribution in [3.63, 3.8) is 0 Å². The minimum atomic E-state index is 0.731. The number of nitrogen functional groups attached to an aromatic ring is 1. The highest BCUT2D eigenvalue weighted by atomic mass is 15.1. The second-order valence-electron chi connectivity index (χ2n) is 4.55. The molecule has 0 atom stereocenters. The van der Waals surface area contributed by atoms with Crippen molar-refractivity contribution in [2.45, 2.75) is 6.42 Å². The van der Waals surface area contributed by atoms with Crippen LogP contribution in [0.15, 0.2) is 24.4 Å². The number of nitrogens with two attached hydrogens (primary N) is 1. The summed E-state index contributed by atoms with van der Waals surface area (Å²) in [6.07, 6.45) is 5.09. The molecular formula is C13H16N4. The zero-order valence-electron chi connectivity index (χ0n) is 9.90. The molecular weight excluding hydrogens is 212 g/mol. The van der Waals surface area contributed by atoms with Gasteiger partial charge < -0.3 is 15.6 Å². The number of nitrogens with one attached hydrogen (secondary N) is 1. The number of hydrogen-bond donors (Lipinski definition) is 2. The Labute approximate surface area is 100 Å². The van der Waals surface area contributed by atoms with Gasteiger partial charge in [0.1, 0.15) is 5.82 Å². The summed E-state index contributed by atoms with van der Waals surface area (Å²) >= 11 is 0. The van der Waals surface area contributed by atoms with Gasteiger partial charge in [-0.05, 0) is 31.2 Å². The van der Waals surface area contributed by atoms with Gasteiger partial charge in [0, 0.05) is 24.8 Å². The van der Waals surface area contributed by atoms with E-state index in [9.17, 15) is 0 Å². The second-order valence-corrected chi connectivity index (χ2v) is 4.55. The summed E-state index contributed by atoms with van der Waals surface area (Å²) in [5.74, 6) is 0.731. The first-order chi connectivity index (χ1) is 8.25. The SMILES string of the molecule is CN1CC=C(c2c(N)[nH]c3cccnc23)CC1. The van der Waals surface area contributed by atoms with E-state index in [0.717, 1.165) is 41.9 Å². The van der Waals surface area contributed by atoms with E-state index in [4.69, 9.17) is 5.73 Å². The number of fused-ring (bicyclic) bond motifs is 1. The Bertz CT molecular complexity index is 582. The van der Waals surface area contributed by atoms with Crippen LogP contribution in [0.1, 0.15) is 12.0 Å². The molecule has 17 heavy (non-hydrogen) atoms. The first kappa shape index (κ1) is 10.4. The van der Waals surface area contributed by atoms with Crippen LogP contribution < -0.4 is 5.73 Å². The first-order valence-electron chi connectivity index (χ1n) is 5.86. The van der Waals surface area contributed by atoms with Crippen LogP contribution in [0.5, 0.6) is 0 Å². The quantitative estimate of drug-likeness (QED) is 0.783. The van der Waals surface area contributed by atoms with Crippen LogP contribution >= 0.6 is 0 Å². The van der Waals surface area contributed by atoms with Crippen molar-refractivity contribution in [1.82, 2.24) is 14.9 Å². The van der Waals surface area contributed by atoms with Gasteiger partial charge in [-0.2, -0.15) is 0 Å². The summed E-state index contributed by atoms with van der Waals surface area (Å²) in [4.78, 5) is 9.92. The van der Waals surface area contributed by atoms with Crippen molar-refractivity contribution in [2.75, 3.05) is 25.9 Å². The Hall–Kier alpha value is -1.81. The van der Waals surface area contributed by atoms with E-state index in [1.165, 1.54) is 5.57 Å². The molecule has 0 spiro atoms. The molecule has 0 saturated heterocycles. The number of anilines is 1. The third-order valence-electron chi connectivity index (χ3n) is 3.32. The van der Waals surface area contributed by atoms with E-state index in [1.807, 2.05) is 18.3 Å². The maximum absolute atomic E-state index is 6.07. The molecule has 0 radical (unpaired) electrons. The van der Waals surface area contributed by atoms with Crippen LogP contribution in [0.2, 0.25) is 0 Å². The lowest BCUT2D eigenvalue weighted by Gasteiger charge is -2.21. The summed E-state index contributed by atoms with van der Waals surface area (Å²) in [5.41, 5.74) is 10.5. The van der Waals surface area contributed by atoms with Crippen LogP contribution in [-0.2, 0) is 0 Å². The van der Waals surface area contributed by atoms with E-state index in [1.54, 1.807) is 0 Å². The molecule has 3 rings (SSSR count). The van der Waals surface area contributed by atoms with Crippen LogP contribution in [-0.4, -0.2) is 35.0 Å². The van der Waals surface area contributed by atoms with Crippen LogP contribution in [0, 0.1) is 0 Å². The molecule has 1 aliphatic heterocycles. The number of likely N-dealkylation sites (N-methyl/N-ethyl adjacent to an activating group) is 1. The zero-order chi connectivity index (χ0) is 11.8. The fraction of sp³-hybridized carbons (Fsp3) is 0.308. The lowest BCUT2D eigenvalue weighted by molar-refractivity contribution is 0.370. The van der Waals surface area contributed by atoms with E-state index < -0.39 is 0 Å². The summed E-state index contributed by atoms with van der Waals surface area (Å²) in [6.45, 7) is 2.05. The summed E-state index contributed by atoms with van der Waals surface area (Å²) in [7, 11) is 2.13. The van der Waals surface area contributed by atoms with Crippen molar-refractivity contribution in [1.29, 1.82) is 0 Å². The summed E-state index contributed by atoms with van der Waals surface area (Å²) < 4.78 is 0.